The summed E-state index contributed by atoms with van der Waals surface area (Å²) in [5.74, 6) is -0.410. The molecule has 116 valence electrons. The minimum absolute atomic E-state index is 0.0669. The van der Waals surface area contributed by atoms with Crippen molar-refractivity contribution in [2.24, 2.45) is 0 Å². The first-order valence-corrected chi connectivity index (χ1v) is 7.45. The summed E-state index contributed by atoms with van der Waals surface area (Å²) >= 11 is 0. The summed E-state index contributed by atoms with van der Waals surface area (Å²) < 4.78 is 0. The van der Waals surface area contributed by atoms with Crippen molar-refractivity contribution in [3.8, 4) is 6.07 Å². The molecule has 2 rings (SSSR count). The fourth-order valence-corrected chi connectivity index (χ4v) is 2.18. The van der Waals surface area contributed by atoms with Crippen molar-refractivity contribution in [2.45, 2.75) is 13.8 Å². The standard InChI is InChI=1S/C19H19N3O/c1-3-22(18-10-5-4-6-11-18)14-16(13-20)19(23)21-17-9-7-8-15(2)12-17/h4-12,14H,3H2,1-2H3,(H,21,23)/b16-14-. The first kappa shape index (κ1) is 16.3. The molecule has 0 bridgehead atoms. The average Bonchev–Trinajstić information content (AvgIpc) is 2.56. The van der Waals surface area contributed by atoms with Gasteiger partial charge < -0.3 is 10.2 Å². The first-order valence-electron chi connectivity index (χ1n) is 7.45. The van der Waals surface area contributed by atoms with Gasteiger partial charge in [-0.05, 0) is 43.7 Å². The van der Waals surface area contributed by atoms with E-state index >= 15 is 0 Å². The largest absolute Gasteiger partial charge is 0.347 e. The molecule has 0 atom stereocenters. The third-order valence-corrected chi connectivity index (χ3v) is 3.35. The zero-order valence-corrected chi connectivity index (χ0v) is 13.3. The third kappa shape index (κ3) is 4.45. The van der Waals surface area contributed by atoms with Crippen molar-refractivity contribution in [1.29, 1.82) is 5.26 Å². The van der Waals surface area contributed by atoms with Crippen molar-refractivity contribution in [2.75, 3.05) is 16.8 Å². The highest BCUT2D eigenvalue weighted by Gasteiger charge is 2.12. The summed E-state index contributed by atoms with van der Waals surface area (Å²) in [7, 11) is 0. The van der Waals surface area contributed by atoms with Crippen LogP contribution in [-0.2, 0) is 4.79 Å². The van der Waals surface area contributed by atoms with Gasteiger partial charge in [0, 0.05) is 24.1 Å². The lowest BCUT2D eigenvalue weighted by Crippen LogP contribution is -2.20. The molecule has 4 nitrogen and oxygen atoms in total. The molecule has 0 fully saturated rings. The van der Waals surface area contributed by atoms with Crippen molar-refractivity contribution < 1.29 is 4.79 Å². The molecule has 0 unspecified atom stereocenters. The predicted molar refractivity (Wildman–Crippen MR) is 93.0 cm³/mol. The second-order valence-corrected chi connectivity index (χ2v) is 5.10. The molecule has 0 heterocycles. The Hall–Kier alpha value is -3.06. The summed E-state index contributed by atoms with van der Waals surface area (Å²) in [6, 6.07) is 19.1. The van der Waals surface area contributed by atoms with Crippen LogP contribution in [0.3, 0.4) is 0 Å². The van der Waals surface area contributed by atoms with Gasteiger partial charge in [0.25, 0.3) is 5.91 Å². The summed E-state index contributed by atoms with van der Waals surface area (Å²) in [6.07, 6.45) is 1.58. The number of hydrogen-bond donors (Lipinski definition) is 1. The molecule has 23 heavy (non-hydrogen) atoms. The molecule has 0 saturated carbocycles. The Morgan fingerprint density at radius 1 is 1.22 bits per heavy atom. The van der Waals surface area contributed by atoms with E-state index in [0.717, 1.165) is 11.3 Å². The number of nitrogens with zero attached hydrogens (tertiary/aromatic N) is 2. The van der Waals surface area contributed by atoms with E-state index < -0.39 is 5.91 Å². The number of carbonyl (C=O) groups is 1. The summed E-state index contributed by atoms with van der Waals surface area (Å²) in [6.45, 7) is 4.58. The Morgan fingerprint density at radius 3 is 2.57 bits per heavy atom. The van der Waals surface area contributed by atoms with Gasteiger partial charge >= 0.3 is 0 Å². The number of para-hydroxylation sites is 1. The molecule has 2 aromatic carbocycles. The molecule has 1 amide bonds. The van der Waals surface area contributed by atoms with Crippen LogP contribution < -0.4 is 10.2 Å². The fraction of sp³-hybridized carbons (Fsp3) is 0.158. The topological polar surface area (TPSA) is 56.1 Å². The summed E-state index contributed by atoms with van der Waals surface area (Å²) in [4.78, 5) is 14.2. The maximum atomic E-state index is 12.3. The number of amides is 1. The molecule has 0 aromatic heterocycles. The monoisotopic (exact) mass is 305 g/mol. The molecule has 1 N–H and O–H groups in total. The fourth-order valence-electron chi connectivity index (χ4n) is 2.18. The van der Waals surface area contributed by atoms with Crippen molar-refractivity contribution >= 4 is 17.3 Å². The highest BCUT2D eigenvalue weighted by atomic mass is 16.1. The van der Waals surface area contributed by atoms with Crippen LogP contribution in [0.4, 0.5) is 11.4 Å². The molecule has 0 aliphatic rings. The lowest BCUT2D eigenvalue weighted by molar-refractivity contribution is -0.112. The number of nitrogens with one attached hydrogen (secondary N) is 1. The SMILES string of the molecule is CCN(/C=C(/C#N)C(=O)Nc1cccc(C)c1)c1ccccc1. The molecule has 0 spiro atoms. The molecule has 0 aliphatic carbocycles. The van der Waals surface area contributed by atoms with E-state index in [9.17, 15) is 10.1 Å². The minimum atomic E-state index is -0.410. The second kappa shape index (κ2) is 7.81. The first-order chi connectivity index (χ1) is 11.1. The highest BCUT2D eigenvalue weighted by molar-refractivity contribution is 6.06. The number of hydrogen-bond acceptors (Lipinski definition) is 3. The normalized spacial score (nSPS) is 10.7. The smallest absolute Gasteiger partial charge is 0.267 e. The second-order valence-electron chi connectivity index (χ2n) is 5.10. The zero-order valence-electron chi connectivity index (χ0n) is 13.3. The number of rotatable bonds is 5. The number of carbonyl (C=O) groups excluding carboxylic acids is 1. The predicted octanol–water partition coefficient (Wildman–Crippen LogP) is 3.87. The Labute approximate surface area is 136 Å². The van der Waals surface area contributed by atoms with Gasteiger partial charge in [-0.1, -0.05) is 30.3 Å². The lowest BCUT2D eigenvalue weighted by atomic mass is 10.2. The van der Waals surface area contributed by atoms with Crippen molar-refractivity contribution in [1.82, 2.24) is 0 Å². The van der Waals surface area contributed by atoms with Crippen LogP contribution in [0, 0.1) is 18.3 Å². The Bertz CT molecular complexity index is 745. The van der Waals surface area contributed by atoms with Crippen molar-refractivity contribution in [3.05, 3.63) is 71.9 Å². The van der Waals surface area contributed by atoms with Gasteiger partial charge in [-0.25, -0.2) is 0 Å². The van der Waals surface area contributed by atoms with Gasteiger partial charge in [0.2, 0.25) is 0 Å². The van der Waals surface area contributed by atoms with E-state index in [2.05, 4.69) is 5.32 Å². The van der Waals surface area contributed by atoms with E-state index in [1.165, 1.54) is 0 Å². The van der Waals surface area contributed by atoms with Crippen LogP contribution >= 0.6 is 0 Å². The molecular weight excluding hydrogens is 286 g/mol. The quantitative estimate of drug-likeness (QED) is 0.674. The summed E-state index contributed by atoms with van der Waals surface area (Å²) in [5, 5.41) is 12.1. The molecular formula is C19H19N3O. The lowest BCUT2D eigenvalue weighted by Gasteiger charge is -2.18. The maximum absolute atomic E-state index is 12.3. The van der Waals surface area contributed by atoms with E-state index in [0.29, 0.717) is 12.2 Å². The van der Waals surface area contributed by atoms with Crippen LogP contribution in [-0.4, -0.2) is 12.5 Å². The molecule has 0 saturated heterocycles. The Balaban J connectivity index is 2.20. The number of nitriles is 1. The number of aryl methyl sites for hydroxylation is 1. The van der Waals surface area contributed by atoms with Crippen LogP contribution in [0.2, 0.25) is 0 Å². The van der Waals surface area contributed by atoms with E-state index in [-0.39, 0.29) is 5.57 Å². The van der Waals surface area contributed by atoms with Gasteiger partial charge in [-0.2, -0.15) is 5.26 Å². The Kier molecular flexibility index (Phi) is 5.54. The van der Waals surface area contributed by atoms with E-state index in [1.54, 1.807) is 12.3 Å². The van der Waals surface area contributed by atoms with Crippen LogP contribution in [0.25, 0.3) is 0 Å². The van der Waals surface area contributed by atoms with Crippen molar-refractivity contribution in [3.63, 3.8) is 0 Å². The van der Waals surface area contributed by atoms with E-state index in [1.807, 2.05) is 73.3 Å². The van der Waals surface area contributed by atoms with Gasteiger partial charge in [0.15, 0.2) is 0 Å². The molecule has 4 heteroatoms. The number of anilines is 2. The zero-order chi connectivity index (χ0) is 16.7. The average molecular weight is 305 g/mol. The summed E-state index contributed by atoms with van der Waals surface area (Å²) in [5.41, 5.74) is 2.73. The maximum Gasteiger partial charge on any atom is 0.267 e. The van der Waals surface area contributed by atoms with Gasteiger partial charge in [-0.3, -0.25) is 4.79 Å². The third-order valence-electron chi connectivity index (χ3n) is 3.35. The van der Waals surface area contributed by atoms with Crippen LogP contribution in [0.1, 0.15) is 12.5 Å². The van der Waals surface area contributed by atoms with Crippen LogP contribution in [0.15, 0.2) is 66.4 Å². The van der Waals surface area contributed by atoms with Gasteiger partial charge in [0.1, 0.15) is 11.6 Å². The number of benzene rings is 2. The Morgan fingerprint density at radius 2 is 1.96 bits per heavy atom. The van der Waals surface area contributed by atoms with Gasteiger partial charge in [-0.15, -0.1) is 0 Å². The molecule has 0 radical (unpaired) electrons. The highest BCUT2D eigenvalue weighted by Crippen LogP contribution is 2.16. The minimum Gasteiger partial charge on any atom is -0.347 e. The molecule has 2 aromatic rings. The van der Waals surface area contributed by atoms with Gasteiger partial charge in [0.05, 0.1) is 0 Å². The van der Waals surface area contributed by atoms with Crippen LogP contribution in [0.5, 0.6) is 0 Å². The van der Waals surface area contributed by atoms with E-state index in [4.69, 9.17) is 0 Å². The molecule has 0 aliphatic heterocycles.